The highest BCUT2D eigenvalue weighted by molar-refractivity contribution is 5.93. The second-order valence-electron chi connectivity index (χ2n) is 6.93. The van der Waals surface area contributed by atoms with Crippen LogP contribution in [0, 0.1) is 5.92 Å². The van der Waals surface area contributed by atoms with Gasteiger partial charge in [-0.2, -0.15) is 0 Å². The maximum absolute atomic E-state index is 12.9. The molecule has 0 aromatic carbocycles. The van der Waals surface area contributed by atoms with Crippen LogP contribution in [-0.4, -0.2) is 54.0 Å². The zero-order valence-corrected chi connectivity index (χ0v) is 14.6. The fourth-order valence-electron chi connectivity index (χ4n) is 3.18. The topological polar surface area (TPSA) is 45.6 Å². The summed E-state index contributed by atoms with van der Waals surface area (Å²) in [7, 11) is 5.73. The summed E-state index contributed by atoms with van der Waals surface area (Å²) in [5, 5.41) is 0. The minimum Gasteiger partial charge on any atom is -0.337 e. The Morgan fingerprint density at radius 2 is 1.87 bits per heavy atom. The van der Waals surface area contributed by atoms with Crippen molar-refractivity contribution in [2.45, 2.75) is 32.1 Å². The van der Waals surface area contributed by atoms with Gasteiger partial charge >= 0.3 is 0 Å². The van der Waals surface area contributed by atoms with E-state index in [1.54, 1.807) is 19.3 Å². The fourth-order valence-corrected chi connectivity index (χ4v) is 3.18. The molecule has 0 unspecified atom stereocenters. The molecule has 0 radical (unpaired) electrons. The lowest BCUT2D eigenvalue weighted by atomic mass is 9.89. The van der Waals surface area contributed by atoms with E-state index in [1.807, 2.05) is 19.0 Å². The van der Waals surface area contributed by atoms with Crippen LogP contribution in [0.2, 0.25) is 0 Å². The van der Waals surface area contributed by atoms with Gasteiger partial charge in [-0.25, -0.2) is 0 Å². The molecule has 5 heteroatoms. The zero-order valence-electron chi connectivity index (χ0n) is 14.6. The van der Waals surface area contributed by atoms with E-state index in [1.165, 1.54) is 42.7 Å². The van der Waals surface area contributed by atoms with Gasteiger partial charge < -0.3 is 14.4 Å². The average molecular weight is 319 g/mol. The molecule has 1 heterocycles. The van der Waals surface area contributed by atoms with Crippen molar-refractivity contribution < 1.29 is 4.79 Å². The fraction of sp³-hybridized carbons (Fsp3) is 0.667. The largest absolute Gasteiger partial charge is 0.337 e. The number of hydrogen-bond donors (Lipinski definition) is 0. The van der Waals surface area contributed by atoms with Crippen molar-refractivity contribution >= 4 is 5.91 Å². The molecule has 0 N–H and O–H groups in total. The van der Waals surface area contributed by atoms with E-state index >= 15 is 0 Å². The summed E-state index contributed by atoms with van der Waals surface area (Å²) in [6.07, 6.45) is 7.97. The highest BCUT2D eigenvalue weighted by atomic mass is 16.2. The van der Waals surface area contributed by atoms with Crippen LogP contribution in [0.5, 0.6) is 0 Å². The Morgan fingerprint density at radius 3 is 2.48 bits per heavy atom. The molecule has 1 aromatic heterocycles. The lowest BCUT2D eigenvalue weighted by Gasteiger charge is -2.30. The van der Waals surface area contributed by atoms with Gasteiger partial charge in [0.2, 0.25) is 5.56 Å². The number of aromatic nitrogens is 1. The lowest BCUT2D eigenvalue weighted by molar-refractivity contribution is 0.0700. The number of rotatable bonds is 6. The van der Waals surface area contributed by atoms with Crippen molar-refractivity contribution in [1.82, 2.24) is 14.4 Å². The van der Waals surface area contributed by atoms with Gasteiger partial charge in [-0.05, 0) is 38.9 Å². The van der Waals surface area contributed by atoms with E-state index in [0.29, 0.717) is 11.5 Å². The van der Waals surface area contributed by atoms with E-state index in [4.69, 9.17) is 0 Å². The van der Waals surface area contributed by atoms with Gasteiger partial charge in [0.25, 0.3) is 5.91 Å². The highest BCUT2D eigenvalue weighted by Crippen LogP contribution is 2.24. The molecule has 0 bridgehead atoms. The molecule has 1 fully saturated rings. The van der Waals surface area contributed by atoms with E-state index < -0.39 is 0 Å². The van der Waals surface area contributed by atoms with Gasteiger partial charge in [-0.3, -0.25) is 9.59 Å². The standard InChI is InChI=1S/C18H29N3O2/c1-19(2)11-12-21(13-15-7-5-4-6-8-15)18(23)16-9-10-17(22)20(3)14-16/h9-10,14-15H,4-8,11-13H2,1-3H3. The molecule has 0 spiro atoms. The number of carbonyl (C=O) groups is 1. The van der Waals surface area contributed by atoms with Gasteiger partial charge in [0.05, 0.1) is 5.56 Å². The second kappa shape index (κ2) is 8.29. The lowest BCUT2D eigenvalue weighted by Crippen LogP contribution is -2.40. The van der Waals surface area contributed by atoms with E-state index in [0.717, 1.165) is 19.6 Å². The molecule has 23 heavy (non-hydrogen) atoms. The summed E-state index contributed by atoms with van der Waals surface area (Å²) in [6.45, 7) is 2.41. The van der Waals surface area contributed by atoms with Crippen LogP contribution in [0.15, 0.2) is 23.1 Å². The molecule has 1 aliphatic carbocycles. The van der Waals surface area contributed by atoms with Crippen molar-refractivity contribution in [3.05, 3.63) is 34.2 Å². The van der Waals surface area contributed by atoms with Gasteiger partial charge in [0.1, 0.15) is 0 Å². The Bertz CT molecular complexity index is 574. The molecule has 2 rings (SSSR count). The van der Waals surface area contributed by atoms with E-state index in [-0.39, 0.29) is 11.5 Å². The summed E-state index contributed by atoms with van der Waals surface area (Å²) in [6, 6.07) is 3.12. The van der Waals surface area contributed by atoms with Crippen LogP contribution in [0.3, 0.4) is 0 Å². The molecule has 0 aliphatic heterocycles. The Hall–Kier alpha value is -1.62. The first-order chi connectivity index (χ1) is 11.0. The zero-order chi connectivity index (χ0) is 16.8. The number of amides is 1. The number of likely N-dealkylation sites (N-methyl/N-ethyl adjacent to an activating group) is 1. The van der Waals surface area contributed by atoms with Crippen molar-refractivity contribution in [3.63, 3.8) is 0 Å². The van der Waals surface area contributed by atoms with Crippen LogP contribution in [0.1, 0.15) is 42.5 Å². The van der Waals surface area contributed by atoms with E-state index in [9.17, 15) is 9.59 Å². The molecule has 0 atom stereocenters. The molecule has 1 aromatic rings. The molecule has 1 amide bonds. The van der Waals surface area contributed by atoms with Crippen LogP contribution in [0.25, 0.3) is 0 Å². The van der Waals surface area contributed by atoms with E-state index in [2.05, 4.69) is 4.90 Å². The molecule has 1 saturated carbocycles. The summed E-state index contributed by atoms with van der Waals surface area (Å²) in [5.41, 5.74) is 0.510. The van der Waals surface area contributed by atoms with Crippen LogP contribution in [0.4, 0.5) is 0 Å². The Labute approximate surface area is 138 Å². The third-order valence-electron chi connectivity index (χ3n) is 4.64. The Balaban J connectivity index is 2.11. The normalized spacial score (nSPS) is 15.8. The number of aryl methyl sites for hydroxylation is 1. The summed E-state index contributed by atoms with van der Waals surface area (Å²) in [4.78, 5) is 28.5. The van der Waals surface area contributed by atoms with Crippen molar-refractivity contribution in [2.75, 3.05) is 33.7 Å². The van der Waals surface area contributed by atoms with Gasteiger partial charge in [0, 0.05) is 38.9 Å². The first-order valence-electron chi connectivity index (χ1n) is 8.58. The first kappa shape index (κ1) is 17.7. The van der Waals surface area contributed by atoms with Crippen molar-refractivity contribution in [2.24, 2.45) is 13.0 Å². The Morgan fingerprint density at radius 1 is 1.17 bits per heavy atom. The molecule has 5 nitrogen and oxygen atoms in total. The molecule has 128 valence electrons. The minimum absolute atomic E-state index is 0.0352. The minimum atomic E-state index is -0.0892. The van der Waals surface area contributed by atoms with Crippen molar-refractivity contribution in [3.8, 4) is 0 Å². The number of pyridine rings is 1. The van der Waals surface area contributed by atoms with Crippen LogP contribution in [-0.2, 0) is 7.05 Å². The number of nitrogens with zero attached hydrogens (tertiary/aromatic N) is 3. The van der Waals surface area contributed by atoms with Crippen LogP contribution < -0.4 is 5.56 Å². The highest BCUT2D eigenvalue weighted by Gasteiger charge is 2.22. The maximum atomic E-state index is 12.9. The van der Waals surface area contributed by atoms with Crippen molar-refractivity contribution in [1.29, 1.82) is 0 Å². The first-order valence-corrected chi connectivity index (χ1v) is 8.58. The van der Waals surface area contributed by atoms with Crippen LogP contribution >= 0.6 is 0 Å². The predicted molar refractivity (Wildman–Crippen MR) is 92.7 cm³/mol. The van der Waals surface area contributed by atoms with Gasteiger partial charge in [0.15, 0.2) is 0 Å². The summed E-state index contributed by atoms with van der Waals surface area (Å²) in [5.74, 6) is 0.649. The maximum Gasteiger partial charge on any atom is 0.255 e. The summed E-state index contributed by atoms with van der Waals surface area (Å²) < 4.78 is 1.47. The second-order valence-corrected chi connectivity index (χ2v) is 6.93. The quantitative estimate of drug-likeness (QED) is 0.805. The predicted octanol–water partition coefficient (Wildman–Crippen LogP) is 1.97. The summed E-state index contributed by atoms with van der Waals surface area (Å²) >= 11 is 0. The third kappa shape index (κ3) is 5.20. The number of carbonyl (C=O) groups excluding carboxylic acids is 1. The molecule has 1 aliphatic rings. The van der Waals surface area contributed by atoms with Gasteiger partial charge in [-0.1, -0.05) is 19.3 Å². The Kier molecular flexibility index (Phi) is 6.39. The monoisotopic (exact) mass is 319 g/mol. The smallest absolute Gasteiger partial charge is 0.255 e. The molecule has 0 saturated heterocycles. The molecular formula is C18H29N3O2. The number of hydrogen-bond acceptors (Lipinski definition) is 3. The molecular weight excluding hydrogens is 290 g/mol. The van der Waals surface area contributed by atoms with Gasteiger partial charge in [-0.15, -0.1) is 0 Å². The third-order valence-corrected chi connectivity index (χ3v) is 4.64. The average Bonchev–Trinajstić information content (AvgIpc) is 2.54. The SMILES string of the molecule is CN(C)CCN(CC1CCCCC1)C(=O)c1ccc(=O)n(C)c1.